The summed E-state index contributed by atoms with van der Waals surface area (Å²) in [4.78, 5) is 10.5. The highest BCUT2D eigenvalue weighted by Gasteiger charge is 2.43. The maximum Gasteiger partial charge on any atom is 0.306 e. The Balaban J connectivity index is 1.94. The average molecular weight is 140 g/mol. The van der Waals surface area contributed by atoms with Gasteiger partial charge in [0.15, 0.2) is 0 Å². The Morgan fingerprint density at radius 1 is 1.20 bits per heavy atom. The molecular weight excluding hydrogens is 128 g/mol. The molecule has 0 unspecified atom stereocenters. The second-order valence-corrected chi connectivity index (χ2v) is 3.60. The Labute approximate surface area is 60.2 Å². The second kappa shape index (κ2) is 1.97. The fraction of sp³-hybridized carbons (Fsp3) is 0.875. The zero-order valence-electron chi connectivity index (χ0n) is 5.92. The van der Waals surface area contributed by atoms with Crippen LogP contribution >= 0.6 is 0 Å². The maximum absolute atomic E-state index is 10.5. The molecule has 0 bridgehead atoms. The molecule has 2 aliphatic rings. The highest BCUT2D eigenvalue weighted by Crippen LogP contribution is 2.51. The molecule has 2 fully saturated rings. The normalized spacial score (nSPS) is 44.2. The number of rotatable bonds is 1. The molecule has 0 radical (unpaired) electrons. The van der Waals surface area contributed by atoms with E-state index in [0.29, 0.717) is 0 Å². The molecular formula is C8H12O2. The largest absolute Gasteiger partial charge is 0.481 e. The molecule has 2 aliphatic carbocycles. The van der Waals surface area contributed by atoms with Crippen LogP contribution in [0.3, 0.4) is 0 Å². The van der Waals surface area contributed by atoms with Crippen molar-refractivity contribution in [2.45, 2.75) is 25.7 Å². The first-order chi connectivity index (χ1) is 4.77. The second-order valence-electron chi connectivity index (χ2n) is 3.60. The Kier molecular flexibility index (Phi) is 1.22. The van der Waals surface area contributed by atoms with E-state index >= 15 is 0 Å². The van der Waals surface area contributed by atoms with E-state index in [9.17, 15) is 4.79 Å². The van der Waals surface area contributed by atoms with Gasteiger partial charge in [0, 0.05) is 0 Å². The van der Waals surface area contributed by atoms with E-state index in [1.54, 1.807) is 0 Å². The standard InChI is InChI=1S/C8H12O2/c9-8(10)6-2-1-5-3-7(5)4-6/h5-7H,1-4H2,(H,9,10)/t5-,6-,7-/m0/s1. The minimum atomic E-state index is -0.578. The molecule has 0 heterocycles. The SMILES string of the molecule is O=C(O)[C@H]1CC[C@H]2C[C@H]2C1. The predicted molar refractivity (Wildman–Crippen MR) is 36.6 cm³/mol. The third kappa shape index (κ3) is 0.917. The number of hydrogen-bond acceptors (Lipinski definition) is 1. The van der Waals surface area contributed by atoms with Crippen LogP contribution in [0, 0.1) is 17.8 Å². The van der Waals surface area contributed by atoms with E-state index in [1.165, 1.54) is 12.8 Å². The molecule has 0 saturated heterocycles. The summed E-state index contributed by atoms with van der Waals surface area (Å²) < 4.78 is 0. The van der Waals surface area contributed by atoms with E-state index < -0.39 is 5.97 Å². The van der Waals surface area contributed by atoms with E-state index in [1.807, 2.05) is 0 Å². The summed E-state index contributed by atoms with van der Waals surface area (Å²) in [5.41, 5.74) is 0. The van der Waals surface area contributed by atoms with Gasteiger partial charge in [-0.1, -0.05) is 0 Å². The summed E-state index contributed by atoms with van der Waals surface area (Å²) in [6, 6.07) is 0. The van der Waals surface area contributed by atoms with Crippen molar-refractivity contribution in [3.8, 4) is 0 Å². The van der Waals surface area contributed by atoms with Gasteiger partial charge < -0.3 is 5.11 Å². The molecule has 0 amide bonds. The summed E-state index contributed by atoms with van der Waals surface area (Å²) in [5.74, 6) is 1.11. The number of aliphatic carboxylic acids is 1. The van der Waals surface area contributed by atoms with Gasteiger partial charge in [-0.05, 0) is 37.5 Å². The summed E-state index contributed by atoms with van der Waals surface area (Å²) >= 11 is 0. The van der Waals surface area contributed by atoms with Gasteiger partial charge in [-0.2, -0.15) is 0 Å². The van der Waals surface area contributed by atoms with E-state index in [4.69, 9.17) is 5.11 Å². The van der Waals surface area contributed by atoms with Crippen LogP contribution in [-0.2, 0) is 4.79 Å². The van der Waals surface area contributed by atoms with Crippen LogP contribution in [0.15, 0.2) is 0 Å². The maximum atomic E-state index is 10.5. The zero-order valence-corrected chi connectivity index (χ0v) is 5.92. The topological polar surface area (TPSA) is 37.3 Å². The molecule has 56 valence electrons. The molecule has 2 heteroatoms. The smallest absolute Gasteiger partial charge is 0.306 e. The Hall–Kier alpha value is -0.530. The molecule has 2 rings (SSSR count). The first-order valence-electron chi connectivity index (χ1n) is 4.00. The minimum Gasteiger partial charge on any atom is -0.481 e. The summed E-state index contributed by atoms with van der Waals surface area (Å²) in [6.45, 7) is 0. The third-order valence-corrected chi connectivity index (χ3v) is 2.89. The average Bonchev–Trinajstić information content (AvgIpc) is 2.63. The van der Waals surface area contributed by atoms with Gasteiger partial charge in [-0.25, -0.2) is 0 Å². The van der Waals surface area contributed by atoms with E-state index in [2.05, 4.69) is 0 Å². The fourth-order valence-electron chi connectivity index (χ4n) is 2.08. The van der Waals surface area contributed by atoms with Crippen molar-refractivity contribution in [1.82, 2.24) is 0 Å². The first-order valence-corrected chi connectivity index (χ1v) is 4.00. The van der Waals surface area contributed by atoms with Crippen molar-refractivity contribution < 1.29 is 9.90 Å². The van der Waals surface area contributed by atoms with Crippen LogP contribution in [0.4, 0.5) is 0 Å². The molecule has 0 aromatic rings. The van der Waals surface area contributed by atoms with Gasteiger partial charge in [0.2, 0.25) is 0 Å². The van der Waals surface area contributed by atoms with Crippen molar-refractivity contribution >= 4 is 5.97 Å². The number of carboxylic acid groups (broad SMARTS) is 1. The van der Waals surface area contributed by atoms with Crippen molar-refractivity contribution in [1.29, 1.82) is 0 Å². The van der Waals surface area contributed by atoms with Gasteiger partial charge in [0.25, 0.3) is 0 Å². The molecule has 0 aliphatic heterocycles. The summed E-state index contributed by atoms with van der Waals surface area (Å²) in [5, 5.41) is 8.67. The van der Waals surface area contributed by atoms with Crippen LogP contribution in [0.5, 0.6) is 0 Å². The van der Waals surface area contributed by atoms with Gasteiger partial charge in [-0.15, -0.1) is 0 Å². The first kappa shape index (κ1) is 6.20. The lowest BCUT2D eigenvalue weighted by Gasteiger charge is -2.15. The lowest BCUT2D eigenvalue weighted by atomic mass is 9.89. The monoisotopic (exact) mass is 140 g/mol. The van der Waals surface area contributed by atoms with Crippen molar-refractivity contribution in [2.24, 2.45) is 17.8 Å². The van der Waals surface area contributed by atoms with Gasteiger partial charge >= 0.3 is 5.97 Å². The quantitative estimate of drug-likeness (QED) is 0.599. The fourth-order valence-corrected chi connectivity index (χ4v) is 2.08. The molecule has 0 aromatic carbocycles. The molecule has 3 atom stereocenters. The Morgan fingerprint density at radius 2 is 2.00 bits per heavy atom. The highest BCUT2D eigenvalue weighted by atomic mass is 16.4. The molecule has 0 spiro atoms. The molecule has 2 saturated carbocycles. The van der Waals surface area contributed by atoms with Crippen molar-refractivity contribution in [3.63, 3.8) is 0 Å². The molecule has 0 aromatic heterocycles. The van der Waals surface area contributed by atoms with Crippen LogP contribution in [-0.4, -0.2) is 11.1 Å². The molecule has 1 N–H and O–H groups in total. The van der Waals surface area contributed by atoms with Crippen molar-refractivity contribution in [3.05, 3.63) is 0 Å². The number of carbonyl (C=O) groups is 1. The Bertz CT molecular complexity index is 165. The highest BCUT2D eigenvalue weighted by molar-refractivity contribution is 5.70. The van der Waals surface area contributed by atoms with E-state index in [0.717, 1.165) is 24.7 Å². The van der Waals surface area contributed by atoms with Crippen molar-refractivity contribution in [2.75, 3.05) is 0 Å². The molecule has 2 nitrogen and oxygen atoms in total. The van der Waals surface area contributed by atoms with Crippen LogP contribution < -0.4 is 0 Å². The molecule has 10 heavy (non-hydrogen) atoms. The number of carboxylic acids is 1. The van der Waals surface area contributed by atoms with Gasteiger partial charge in [0.1, 0.15) is 0 Å². The minimum absolute atomic E-state index is 0.0104. The lowest BCUT2D eigenvalue weighted by Crippen LogP contribution is -2.17. The zero-order chi connectivity index (χ0) is 7.14. The van der Waals surface area contributed by atoms with Crippen LogP contribution in [0.2, 0.25) is 0 Å². The predicted octanol–water partition coefficient (Wildman–Crippen LogP) is 1.51. The Morgan fingerprint density at radius 3 is 2.60 bits per heavy atom. The summed E-state index contributed by atoms with van der Waals surface area (Å²) in [6.07, 6.45) is 4.36. The van der Waals surface area contributed by atoms with Crippen LogP contribution in [0.1, 0.15) is 25.7 Å². The lowest BCUT2D eigenvalue weighted by molar-refractivity contribution is -0.142. The van der Waals surface area contributed by atoms with Gasteiger partial charge in [0.05, 0.1) is 5.92 Å². The summed E-state index contributed by atoms with van der Waals surface area (Å²) in [7, 11) is 0. The number of hydrogen-bond donors (Lipinski definition) is 1. The van der Waals surface area contributed by atoms with E-state index in [-0.39, 0.29) is 5.92 Å². The third-order valence-electron chi connectivity index (χ3n) is 2.89. The van der Waals surface area contributed by atoms with Gasteiger partial charge in [-0.3, -0.25) is 4.79 Å². The van der Waals surface area contributed by atoms with Crippen LogP contribution in [0.25, 0.3) is 0 Å². The number of fused-ring (bicyclic) bond motifs is 1.